The minimum atomic E-state index is 0.529. The molecule has 0 spiro atoms. The van der Waals surface area contributed by atoms with E-state index in [-0.39, 0.29) is 0 Å². The Hall–Kier alpha value is -1.22. The van der Waals surface area contributed by atoms with E-state index in [1.807, 2.05) is 26.1 Å². The van der Waals surface area contributed by atoms with Crippen molar-refractivity contribution < 1.29 is 9.47 Å². The molecule has 0 aliphatic carbocycles. The van der Waals surface area contributed by atoms with Crippen molar-refractivity contribution in [1.29, 1.82) is 0 Å². The molecule has 0 bridgehead atoms. The number of rotatable bonds is 6. The zero-order chi connectivity index (χ0) is 11.0. The first-order valence-electron chi connectivity index (χ1n) is 4.45. The van der Waals surface area contributed by atoms with Gasteiger partial charge in [-0.3, -0.25) is 0 Å². The molecule has 0 amide bonds. The summed E-state index contributed by atoms with van der Waals surface area (Å²) in [6.07, 6.45) is 3.82. The Morgan fingerprint density at radius 3 is 2.36 bits per heavy atom. The lowest BCUT2D eigenvalue weighted by Crippen LogP contribution is -2.08. The molecule has 0 atom stereocenters. The second-order valence-corrected chi connectivity index (χ2v) is 2.91. The van der Waals surface area contributed by atoms with Gasteiger partial charge in [0.15, 0.2) is 11.5 Å². The molecule has 0 saturated carbocycles. The molecule has 1 N–H and O–H groups in total. The molecule has 0 aliphatic heterocycles. The highest BCUT2D eigenvalue weighted by atomic mass is 16.5. The molecule has 0 heterocycles. The van der Waals surface area contributed by atoms with Gasteiger partial charge in [0.2, 0.25) is 0 Å². The Kier molecular flexibility index (Phi) is 6.58. The number of likely N-dealkylation sites (N-methyl/N-ethyl adjacent to an activating group) is 1. The maximum atomic E-state index is 5.10. The van der Waals surface area contributed by atoms with Crippen LogP contribution in [0.3, 0.4) is 0 Å². The summed E-state index contributed by atoms with van der Waals surface area (Å²) in [5.41, 5.74) is 1.21. The van der Waals surface area contributed by atoms with E-state index in [0.29, 0.717) is 11.5 Å². The van der Waals surface area contributed by atoms with Crippen LogP contribution in [0, 0.1) is 0 Å². The van der Waals surface area contributed by atoms with E-state index in [0.717, 1.165) is 6.54 Å². The molecule has 0 unspecified atom stereocenters. The number of nitrogens with one attached hydrogen (secondary N) is 1. The summed E-state index contributed by atoms with van der Waals surface area (Å²) in [5.74, 6) is 1.17. The van der Waals surface area contributed by atoms with Gasteiger partial charge >= 0.3 is 0 Å². The predicted molar refractivity (Wildman–Crippen MR) is 58.9 cm³/mol. The zero-order valence-corrected chi connectivity index (χ0v) is 9.39. The van der Waals surface area contributed by atoms with Gasteiger partial charge in [-0.25, -0.2) is 0 Å². The van der Waals surface area contributed by atoms with Crippen LogP contribution in [0.4, 0.5) is 0 Å². The summed E-state index contributed by atoms with van der Waals surface area (Å²) < 4.78 is 10.1. The average molecular weight is 197 g/mol. The third-order valence-electron chi connectivity index (χ3n) is 1.72. The molecule has 3 nitrogen and oxygen atoms in total. The van der Waals surface area contributed by atoms with Crippen molar-refractivity contribution in [1.82, 2.24) is 5.32 Å². The van der Waals surface area contributed by atoms with Crippen LogP contribution in [-0.2, 0) is 9.47 Å². The topological polar surface area (TPSA) is 30.5 Å². The second-order valence-electron chi connectivity index (χ2n) is 2.91. The number of allylic oxidation sites excluding steroid dienone is 2. The highest BCUT2D eigenvalue weighted by Gasteiger charge is 1.99. The van der Waals surface area contributed by atoms with Gasteiger partial charge in [0, 0.05) is 6.54 Å². The molecule has 0 rings (SSSR count). The Morgan fingerprint density at radius 1 is 1.29 bits per heavy atom. The van der Waals surface area contributed by atoms with Gasteiger partial charge in [0.1, 0.15) is 0 Å². The van der Waals surface area contributed by atoms with Crippen LogP contribution in [0.25, 0.3) is 0 Å². The van der Waals surface area contributed by atoms with Crippen molar-refractivity contribution in [3.63, 3.8) is 0 Å². The smallest absolute Gasteiger partial charge is 0.160 e. The fourth-order valence-corrected chi connectivity index (χ4v) is 0.931. The van der Waals surface area contributed by atoms with Gasteiger partial charge in [-0.05, 0) is 20.0 Å². The standard InChI is InChI=1S/C11H19NO2/c1-9(8-12-3)6-7-11(14-5)10(2)13-4/h6-7,12H,2,8H2,1,3-5H3/b9-6+,11-7+. The van der Waals surface area contributed by atoms with E-state index >= 15 is 0 Å². The molecule has 0 radical (unpaired) electrons. The quantitative estimate of drug-likeness (QED) is 0.520. The molecular weight excluding hydrogens is 178 g/mol. The molecule has 0 aliphatic rings. The first kappa shape index (κ1) is 12.8. The van der Waals surface area contributed by atoms with Gasteiger partial charge in [-0.15, -0.1) is 0 Å². The van der Waals surface area contributed by atoms with Crippen LogP contribution < -0.4 is 5.32 Å². The lowest BCUT2D eigenvalue weighted by Gasteiger charge is -2.07. The Bertz CT molecular complexity index is 242. The Morgan fingerprint density at radius 2 is 1.93 bits per heavy atom. The monoisotopic (exact) mass is 197 g/mol. The molecule has 80 valence electrons. The van der Waals surface area contributed by atoms with Crippen molar-refractivity contribution in [2.75, 3.05) is 27.8 Å². The summed E-state index contributed by atoms with van der Waals surface area (Å²) >= 11 is 0. The normalized spacial score (nSPS) is 12.6. The average Bonchev–Trinajstić information content (AvgIpc) is 2.18. The molecule has 14 heavy (non-hydrogen) atoms. The summed E-state index contributed by atoms with van der Waals surface area (Å²) in [4.78, 5) is 0. The third kappa shape index (κ3) is 4.72. The van der Waals surface area contributed by atoms with Crippen molar-refractivity contribution in [2.24, 2.45) is 0 Å². The first-order valence-corrected chi connectivity index (χ1v) is 4.45. The minimum absolute atomic E-state index is 0.529. The summed E-state index contributed by atoms with van der Waals surface area (Å²) in [5, 5.41) is 3.06. The van der Waals surface area contributed by atoms with E-state index in [1.54, 1.807) is 14.2 Å². The Labute approximate surface area is 86.1 Å². The van der Waals surface area contributed by atoms with Gasteiger partial charge < -0.3 is 14.8 Å². The van der Waals surface area contributed by atoms with Crippen molar-refractivity contribution in [2.45, 2.75) is 6.92 Å². The molecule has 0 aromatic carbocycles. The molecule has 0 fully saturated rings. The van der Waals surface area contributed by atoms with E-state index < -0.39 is 0 Å². The fourth-order valence-electron chi connectivity index (χ4n) is 0.931. The number of hydrogen-bond acceptors (Lipinski definition) is 3. The Balaban J connectivity index is 4.44. The van der Waals surface area contributed by atoms with Crippen molar-refractivity contribution in [3.8, 4) is 0 Å². The number of methoxy groups -OCH3 is 2. The highest BCUT2D eigenvalue weighted by Crippen LogP contribution is 2.09. The second kappa shape index (κ2) is 7.21. The largest absolute Gasteiger partial charge is 0.494 e. The molecular formula is C11H19NO2. The van der Waals surface area contributed by atoms with Crippen molar-refractivity contribution >= 4 is 0 Å². The summed E-state index contributed by atoms with van der Waals surface area (Å²) in [6.45, 7) is 6.60. The van der Waals surface area contributed by atoms with Crippen molar-refractivity contribution in [3.05, 3.63) is 35.8 Å². The highest BCUT2D eigenvalue weighted by molar-refractivity contribution is 5.24. The van der Waals surface area contributed by atoms with Gasteiger partial charge in [0.05, 0.1) is 14.2 Å². The zero-order valence-electron chi connectivity index (χ0n) is 9.39. The summed E-state index contributed by atoms with van der Waals surface area (Å²) in [7, 11) is 5.07. The van der Waals surface area contributed by atoms with E-state index in [2.05, 4.69) is 11.9 Å². The molecule has 0 aromatic heterocycles. The summed E-state index contributed by atoms with van der Waals surface area (Å²) in [6, 6.07) is 0. The first-order chi connectivity index (χ1) is 6.65. The number of hydrogen-bond donors (Lipinski definition) is 1. The molecule has 3 heteroatoms. The molecule has 0 saturated heterocycles. The van der Waals surface area contributed by atoms with Crippen LogP contribution in [0.15, 0.2) is 35.8 Å². The van der Waals surface area contributed by atoms with Crippen LogP contribution in [0.5, 0.6) is 0 Å². The maximum Gasteiger partial charge on any atom is 0.160 e. The van der Waals surface area contributed by atoms with Gasteiger partial charge in [-0.2, -0.15) is 0 Å². The van der Waals surface area contributed by atoms with Crippen LogP contribution in [0.2, 0.25) is 0 Å². The fraction of sp³-hybridized carbons (Fsp3) is 0.455. The third-order valence-corrected chi connectivity index (χ3v) is 1.72. The van der Waals surface area contributed by atoms with Gasteiger partial charge in [0.25, 0.3) is 0 Å². The van der Waals surface area contributed by atoms with Crippen LogP contribution >= 0.6 is 0 Å². The SMILES string of the molecule is C=C(OC)/C(=C\C=C(/C)CNC)OC. The molecule has 0 aromatic rings. The maximum absolute atomic E-state index is 5.10. The van der Waals surface area contributed by atoms with E-state index in [4.69, 9.17) is 9.47 Å². The van der Waals surface area contributed by atoms with E-state index in [9.17, 15) is 0 Å². The number of ether oxygens (including phenoxy) is 2. The van der Waals surface area contributed by atoms with Crippen LogP contribution in [-0.4, -0.2) is 27.8 Å². The lowest BCUT2D eigenvalue weighted by atomic mass is 10.2. The minimum Gasteiger partial charge on any atom is -0.494 e. The van der Waals surface area contributed by atoms with Gasteiger partial charge in [-0.1, -0.05) is 18.2 Å². The van der Waals surface area contributed by atoms with E-state index in [1.165, 1.54) is 5.57 Å². The predicted octanol–water partition coefficient (Wildman–Crippen LogP) is 1.84. The van der Waals surface area contributed by atoms with Crippen LogP contribution in [0.1, 0.15) is 6.92 Å². The lowest BCUT2D eigenvalue weighted by molar-refractivity contribution is 0.221.